The first-order valence-electron chi connectivity index (χ1n) is 11.6. The number of anilines is 2. The van der Waals surface area contributed by atoms with Gasteiger partial charge in [-0.15, -0.1) is 0 Å². The molecule has 2 heterocycles. The Morgan fingerprint density at radius 1 is 1.06 bits per heavy atom. The van der Waals surface area contributed by atoms with Crippen molar-refractivity contribution in [3.05, 3.63) is 84.3 Å². The van der Waals surface area contributed by atoms with Gasteiger partial charge in [0.25, 0.3) is 0 Å². The number of rotatable bonds is 12. The summed E-state index contributed by atoms with van der Waals surface area (Å²) in [5.74, 6) is 0.843. The van der Waals surface area contributed by atoms with Gasteiger partial charge in [0.1, 0.15) is 5.82 Å². The largest absolute Gasteiger partial charge is 0.368 e. The molecule has 1 aromatic carbocycles. The Labute approximate surface area is 201 Å². The molecule has 0 aliphatic rings. The van der Waals surface area contributed by atoms with E-state index in [0.29, 0.717) is 12.4 Å². The number of hydrogen-bond acceptors (Lipinski definition) is 6. The van der Waals surface area contributed by atoms with Crippen molar-refractivity contribution in [3.8, 4) is 11.3 Å². The molecule has 7 nitrogen and oxygen atoms in total. The third-order valence-corrected chi connectivity index (χ3v) is 5.17. The fraction of sp³-hybridized carbons (Fsp3) is 0.259. The minimum atomic E-state index is -0.0740. The molecule has 1 amide bonds. The third-order valence-electron chi connectivity index (χ3n) is 5.17. The molecule has 2 aromatic heterocycles. The molecule has 3 aromatic rings. The fourth-order valence-corrected chi connectivity index (χ4v) is 3.47. The second-order valence-corrected chi connectivity index (χ2v) is 7.92. The first-order valence-corrected chi connectivity index (χ1v) is 11.6. The minimum Gasteiger partial charge on any atom is -0.368 e. The number of amides is 1. The number of hydrogen-bond donors (Lipinski definition) is 3. The highest BCUT2D eigenvalue weighted by molar-refractivity contribution is 5.91. The maximum absolute atomic E-state index is 11.9. The molecule has 176 valence electrons. The average Bonchev–Trinajstić information content (AvgIpc) is 2.86. The molecule has 0 atom stereocenters. The predicted molar refractivity (Wildman–Crippen MR) is 139 cm³/mol. The number of nitrogens with two attached hydrogens (primary N) is 1. The maximum atomic E-state index is 11.9. The first kappa shape index (κ1) is 24.6. The van der Waals surface area contributed by atoms with Crippen molar-refractivity contribution in [2.75, 3.05) is 17.6 Å². The zero-order valence-electron chi connectivity index (χ0n) is 19.6. The summed E-state index contributed by atoms with van der Waals surface area (Å²) in [6.07, 6.45) is 15.7. The molecule has 0 unspecified atom stereocenters. The lowest BCUT2D eigenvalue weighted by Crippen LogP contribution is -2.21. The van der Waals surface area contributed by atoms with E-state index in [1.54, 1.807) is 24.5 Å². The Balaban J connectivity index is 1.38. The number of benzene rings is 1. The standard InChI is InChI=1S/C27H32N6O/c1-2-15-30-25-19-24(32-27(28)33-25)23-12-7-10-21(18-23)9-5-3-4-6-17-31-26(34)14-13-22-11-8-16-29-20-22/h2,7-8,10-16,18-20H,3-6,9,17H2,1H3,(H,31,34)(H3,28,30,32,33)/b14-13+,15-2+. The number of carbonyl (C=O) groups excluding carboxylic acids is 1. The number of nitrogen functional groups attached to an aromatic ring is 1. The van der Waals surface area contributed by atoms with Gasteiger partial charge in [-0.2, -0.15) is 4.98 Å². The smallest absolute Gasteiger partial charge is 0.243 e. The van der Waals surface area contributed by atoms with E-state index < -0.39 is 0 Å². The van der Waals surface area contributed by atoms with Crippen LogP contribution in [0.4, 0.5) is 11.8 Å². The molecule has 0 aliphatic heterocycles. The maximum Gasteiger partial charge on any atom is 0.243 e. The Kier molecular flexibility index (Phi) is 9.80. The molecule has 0 saturated heterocycles. The van der Waals surface area contributed by atoms with Crippen molar-refractivity contribution in [2.45, 2.75) is 39.0 Å². The van der Waals surface area contributed by atoms with Crippen LogP contribution in [0, 0.1) is 0 Å². The van der Waals surface area contributed by atoms with Gasteiger partial charge in [-0.25, -0.2) is 4.98 Å². The van der Waals surface area contributed by atoms with Gasteiger partial charge in [0.05, 0.1) is 5.69 Å². The van der Waals surface area contributed by atoms with E-state index in [-0.39, 0.29) is 11.9 Å². The van der Waals surface area contributed by atoms with E-state index in [0.717, 1.165) is 48.9 Å². The van der Waals surface area contributed by atoms with Crippen LogP contribution in [0.15, 0.2) is 73.2 Å². The molecule has 34 heavy (non-hydrogen) atoms. The van der Waals surface area contributed by atoms with Gasteiger partial charge in [0.2, 0.25) is 11.9 Å². The van der Waals surface area contributed by atoms with Crippen molar-refractivity contribution in [1.82, 2.24) is 20.3 Å². The van der Waals surface area contributed by atoms with Gasteiger partial charge in [0, 0.05) is 36.6 Å². The van der Waals surface area contributed by atoms with E-state index in [1.807, 2.05) is 43.5 Å². The zero-order chi connectivity index (χ0) is 24.0. The number of unbranched alkanes of at least 4 members (excludes halogenated alkanes) is 3. The highest BCUT2D eigenvalue weighted by Gasteiger charge is 2.06. The Hall–Kier alpha value is -4.00. The molecule has 0 bridgehead atoms. The molecule has 0 saturated carbocycles. The van der Waals surface area contributed by atoms with Crippen molar-refractivity contribution < 1.29 is 4.79 Å². The number of allylic oxidation sites excluding steroid dienone is 1. The first-order chi connectivity index (χ1) is 16.6. The summed E-state index contributed by atoms with van der Waals surface area (Å²) in [7, 11) is 0. The highest BCUT2D eigenvalue weighted by Crippen LogP contribution is 2.22. The quantitative estimate of drug-likeness (QED) is 0.262. The zero-order valence-corrected chi connectivity index (χ0v) is 19.6. The molecule has 0 spiro atoms. The van der Waals surface area contributed by atoms with Crippen molar-refractivity contribution in [1.29, 1.82) is 0 Å². The number of aromatic nitrogens is 3. The predicted octanol–water partition coefficient (Wildman–Crippen LogP) is 5.00. The normalized spacial score (nSPS) is 11.2. The topological polar surface area (TPSA) is 106 Å². The van der Waals surface area contributed by atoms with Crippen LogP contribution in [0.2, 0.25) is 0 Å². The SMILES string of the molecule is C/C=C/Nc1cc(-c2cccc(CCCCCCNC(=O)/C=C/c3cccnc3)c2)nc(N)n1. The lowest BCUT2D eigenvalue weighted by Gasteiger charge is -2.08. The van der Waals surface area contributed by atoms with Crippen LogP contribution < -0.4 is 16.4 Å². The van der Waals surface area contributed by atoms with Gasteiger partial charge in [-0.05, 0) is 61.7 Å². The summed E-state index contributed by atoms with van der Waals surface area (Å²) in [5.41, 5.74) is 9.90. The summed E-state index contributed by atoms with van der Waals surface area (Å²) in [4.78, 5) is 24.5. The molecular formula is C27H32N6O. The number of carbonyl (C=O) groups is 1. The second kappa shape index (κ2) is 13.5. The highest BCUT2D eigenvalue weighted by atomic mass is 16.1. The Morgan fingerprint density at radius 3 is 2.76 bits per heavy atom. The number of pyridine rings is 1. The number of nitrogens with one attached hydrogen (secondary N) is 2. The molecule has 7 heteroatoms. The molecular weight excluding hydrogens is 424 g/mol. The van der Waals surface area contributed by atoms with E-state index in [4.69, 9.17) is 5.73 Å². The van der Waals surface area contributed by atoms with Crippen LogP contribution in [0.3, 0.4) is 0 Å². The summed E-state index contributed by atoms with van der Waals surface area (Å²) in [6, 6.07) is 14.1. The van der Waals surface area contributed by atoms with Crippen LogP contribution in [0.5, 0.6) is 0 Å². The van der Waals surface area contributed by atoms with Crippen LogP contribution in [0.25, 0.3) is 17.3 Å². The van der Waals surface area contributed by atoms with Crippen LogP contribution >= 0.6 is 0 Å². The van der Waals surface area contributed by atoms with Crippen LogP contribution in [-0.4, -0.2) is 27.4 Å². The van der Waals surface area contributed by atoms with Crippen LogP contribution in [-0.2, 0) is 11.2 Å². The van der Waals surface area contributed by atoms with E-state index >= 15 is 0 Å². The summed E-state index contributed by atoms with van der Waals surface area (Å²) >= 11 is 0. The van der Waals surface area contributed by atoms with Gasteiger partial charge < -0.3 is 16.4 Å². The number of nitrogens with zero attached hydrogens (tertiary/aromatic N) is 3. The van der Waals surface area contributed by atoms with Gasteiger partial charge in [-0.1, -0.05) is 43.2 Å². The van der Waals surface area contributed by atoms with Crippen molar-refractivity contribution >= 4 is 23.7 Å². The lowest BCUT2D eigenvalue weighted by atomic mass is 10.0. The van der Waals surface area contributed by atoms with E-state index in [9.17, 15) is 4.79 Å². The lowest BCUT2D eigenvalue weighted by molar-refractivity contribution is -0.116. The van der Waals surface area contributed by atoms with Crippen LogP contribution in [0.1, 0.15) is 43.7 Å². The monoisotopic (exact) mass is 456 g/mol. The number of aryl methyl sites for hydroxylation is 1. The minimum absolute atomic E-state index is 0.0740. The Morgan fingerprint density at radius 2 is 1.94 bits per heavy atom. The molecule has 3 rings (SSSR count). The summed E-state index contributed by atoms with van der Waals surface area (Å²) in [5, 5.41) is 6.03. The van der Waals surface area contributed by atoms with Crippen molar-refractivity contribution in [3.63, 3.8) is 0 Å². The molecule has 0 fully saturated rings. The van der Waals surface area contributed by atoms with E-state index in [1.165, 1.54) is 5.56 Å². The average molecular weight is 457 g/mol. The summed E-state index contributed by atoms with van der Waals surface area (Å²) in [6.45, 7) is 2.62. The van der Waals surface area contributed by atoms with Gasteiger partial charge >= 0.3 is 0 Å². The van der Waals surface area contributed by atoms with E-state index in [2.05, 4.69) is 43.8 Å². The van der Waals surface area contributed by atoms with Gasteiger partial charge in [-0.3, -0.25) is 9.78 Å². The van der Waals surface area contributed by atoms with Gasteiger partial charge in [0.15, 0.2) is 0 Å². The molecule has 0 aliphatic carbocycles. The molecule has 0 radical (unpaired) electrons. The fourth-order valence-electron chi connectivity index (χ4n) is 3.47. The summed E-state index contributed by atoms with van der Waals surface area (Å²) < 4.78 is 0. The van der Waals surface area contributed by atoms with Crippen molar-refractivity contribution in [2.24, 2.45) is 0 Å². The molecule has 4 N–H and O–H groups in total. The third kappa shape index (κ3) is 8.50. The second-order valence-electron chi connectivity index (χ2n) is 7.92. The Bertz CT molecular complexity index is 1110.